The molecule has 0 aromatic heterocycles. The van der Waals surface area contributed by atoms with Gasteiger partial charge in [-0.2, -0.15) is 0 Å². The van der Waals surface area contributed by atoms with Crippen LogP contribution in [0.4, 0.5) is 5.69 Å². The van der Waals surface area contributed by atoms with Crippen molar-refractivity contribution in [2.75, 3.05) is 5.32 Å². The van der Waals surface area contributed by atoms with Crippen molar-refractivity contribution in [3.05, 3.63) is 28.7 Å². The zero-order valence-corrected chi connectivity index (χ0v) is 11.7. The van der Waals surface area contributed by atoms with Gasteiger partial charge in [-0.05, 0) is 55.7 Å². The van der Waals surface area contributed by atoms with Crippen molar-refractivity contribution in [1.29, 1.82) is 0 Å². The van der Waals surface area contributed by atoms with Crippen molar-refractivity contribution >= 4 is 21.6 Å². The third-order valence-corrected chi connectivity index (χ3v) is 4.69. The van der Waals surface area contributed by atoms with Crippen LogP contribution in [0.15, 0.2) is 28.7 Å². The molecule has 2 atom stereocenters. The minimum atomic E-state index is 0.698. The Bertz CT molecular complexity index is 386. The van der Waals surface area contributed by atoms with Crippen LogP contribution in [0.5, 0.6) is 0 Å². The summed E-state index contributed by atoms with van der Waals surface area (Å²) < 4.78 is 1.16. The van der Waals surface area contributed by atoms with Crippen LogP contribution >= 0.6 is 15.9 Å². The zero-order valence-electron chi connectivity index (χ0n) is 10.2. The molecule has 0 heterocycles. The van der Waals surface area contributed by atoms with Gasteiger partial charge < -0.3 is 5.32 Å². The third kappa shape index (κ3) is 3.04. The minimum Gasteiger partial charge on any atom is -0.382 e. The maximum atomic E-state index is 3.70. The van der Waals surface area contributed by atoms with Crippen LogP contribution in [-0.4, -0.2) is 6.04 Å². The normalized spacial score (nSPS) is 29.0. The first-order chi connectivity index (χ1) is 8.31. The van der Waals surface area contributed by atoms with E-state index in [9.17, 15) is 0 Å². The van der Waals surface area contributed by atoms with E-state index < -0.39 is 0 Å². The fraction of sp³-hybridized carbons (Fsp3) is 0.600. The van der Waals surface area contributed by atoms with Gasteiger partial charge in [0.05, 0.1) is 0 Å². The van der Waals surface area contributed by atoms with Gasteiger partial charge in [-0.3, -0.25) is 0 Å². The summed E-state index contributed by atoms with van der Waals surface area (Å²) in [6.45, 7) is 0. The summed E-state index contributed by atoms with van der Waals surface area (Å²) in [7, 11) is 0. The zero-order chi connectivity index (χ0) is 11.7. The molecular weight excluding hydrogens is 274 g/mol. The summed E-state index contributed by atoms with van der Waals surface area (Å²) in [5, 5.41) is 3.70. The van der Waals surface area contributed by atoms with Crippen LogP contribution in [0.3, 0.4) is 0 Å². The summed E-state index contributed by atoms with van der Waals surface area (Å²) in [6, 6.07) is 9.24. The molecule has 0 aliphatic heterocycles. The quantitative estimate of drug-likeness (QED) is 0.842. The third-order valence-electron chi connectivity index (χ3n) is 4.20. The van der Waals surface area contributed by atoms with Gasteiger partial charge in [0.25, 0.3) is 0 Å². The first kappa shape index (κ1) is 11.6. The van der Waals surface area contributed by atoms with E-state index in [4.69, 9.17) is 0 Å². The molecule has 2 heteroatoms. The van der Waals surface area contributed by atoms with Crippen LogP contribution in [0.1, 0.15) is 38.5 Å². The number of hydrogen-bond donors (Lipinski definition) is 1. The second-order valence-electron chi connectivity index (χ2n) is 5.62. The van der Waals surface area contributed by atoms with Crippen molar-refractivity contribution in [2.24, 2.45) is 11.8 Å². The van der Waals surface area contributed by atoms with E-state index >= 15 is 0 Å². The summed E-state index contributed by atoms with van der Waals surface area (Å²) in [5.41, 5.74) is 1.26. The molecule has 2 fully saturated rings. The van der Waals surface area contributed by atoms with Crippen molar-refractivity contribution < 1.29 is 0 Å². The molecule has 17 heavy (non-hydrogen) atoms. The smallest absolute Gasteiger partial charge is 0.0353 e. The molecule has 3 rings (SSSR count). The second-order valence-corrected chi connectivity index (χ2v) is 6.53. The number of benzene rings is 1. The maximum absolute atomic E-state index is 3.70. The predicted octanol–water partition coefficient (Wildman–Crippen LogP) is 4.83. The Labute approximate surface area is 112 Å². The molecule has 2 unspecified atom stereocenters. The van der Waals surface area contributed by atoms with Crippen molar-refractivity contribution in [1.82, 2.24) is 0 Å². The number of rotatable bonds is 3. The lowest BCUT2D eigenvalue weighted by molar-refractivity contribution is 0.303. The number of nitrogens with one attached hydrogen (secondary N) is 1. The molecule has 0 bridgehead atoms. The molecule has 0 radical (unpaired) electrons. The van der Waals surface area contributed by atoms with Gasteiger partial charge in [0.2, 0.25) is 0 Å². The Balaban J connectivity index is 1.60. The van der Waals surface area contributed by atoms with E-state index in [2.05, 4.69) is 45.5 Å². The molecule has 1 aromatic carbocycles. The monoisotopic (exact) mass is 293 g/mol. The second kappa shape index (κ2) is 5.01. The van der Waals surface area contributed by atoms with E-state index in [1.54, 1.807) is 0 Å². The summed E-state index contributed by atoms with van der Waals surface area (Å²) in [6.07, 6.45) is 8.60. The fourth-order valence-electron chi connectivity index (χ4n) is 3.17. The van der Waals surface area contributed by atoms with Crippen LogP contribution < -0.4 is 5.32 Å². The van der Waals surface area contributed by atoms with Crippen LogP contribution in [0.2, 0.25) is 0 Å². The topological polar surface area (TPSA) is 12.0 Å². The number of anilines is 1. The van der Waals surface area contributed by atoms with Gasteiger partial charge in [-0.25, -0.2) is 0 Å². The average Bonchev–Trinajstić information content (AvgIpc) is 3.13. The Morgan fingerprint density at radius 2 is 1.94 bits per heavy atom. The Hall–Kier alpha value is -0.500. The lowest BCUT2D eigenvalue weighted by Crippen LogP contribution is -2.28. The first-order valence-corrected chi connectivity index (χ1v) is 7.62. The van der Waals surface area contributed by atoms with Crippen molar-refractivity contribution in [2.45, 2.75) is 44.6 Å². The van der Waals surface area contributed by atoms with Gasteiger partial charge in [0.15, 0.2) is 0 Å². The molecule has 0 saturated heterocycles. The molecule has 2 saturated carbocycles. The average molecular weight is 294 g/mol. The molecular formula is C15H20BrN. The minimum absolute atomic E-state index is 0.698. The van der Waals surface area contributed by atoms with Crippen molar-refractivity contribution in [3.63, 3.8) is 0 Å². The highest BCUT2D eigenvalue weighted by atomic mass is 79.9. The molecule has 92 valence electrons. The lowest BCUT2D eigenvalue weighted by Gasteiger charge is -2.30. The Kier molecular flexibility index (Phi) is 3.41. The van der Waals surface area contributed by atoms with Gasteiger partial charge in [0.1, 0.15) is 0 Å². The van der Waals surface area contributed by atoms with E-state index in [0.717, 1.165) is 16.3 Å². The standard InChI is InChI=1S/C15H20BrN/c16-13-4-2-6-15(10-13)17-14-5-1-3-12(9-14)11-7-8-11/h2,4,6,10-12,14,17H,1,3,5,7-9H2. The highest BCUT2D eigenvalue weighted by Gasteiger charge is 2.34. The molecule has 1 N–H and O–H groups in total. The molecule has 2 aliphatic carbocycles. The maximum Gasteiger partial charge on any atom is 0.0353 e. The van der Waals surface area contributed by atoms with Gasteiger partial charge in [0, 0.05) is 16.2 Å². The van der Waals surface area contributed by atoms with Gasteiger partial charge >= 0.3 is 0 Å². The van der Waals surface area contributed by atoms with Crippen LogP contribution in [0.25, 0.3) is 0 Å². The largest absolute Gasteiger partial charge is 0.382 e. The van der Waals surface area contributed by atoms with E-state index in [0.29, 0.717) is 6.04 Å². The van der Waals surface area contributed by atoms with Crippen LogP contribution in [-0.2, 0) is 0 Å². The number of halogens is 1. The van der Waals surface area contributed by atoms with Gasteiger partial charge in [-0.15, -0.1) is 0 Å². The SMILES string of the molecule is Brc1cccc(NC2CCCC(C3CC3)C2)c1. The first-order valence-electron chi connectivity index (χ1n) is 6.83. The molecule has 1 aromatic rings. The van der Waals surface area contributed by atoms with Gasteiger partial charge in [-0.1, -0.05) is 34.8 Å². The van der Waals surface area contributed by atoms with E-state index in [1.165, 1.54) is 44.2 Å². The lowest BCUT2D eigenvalue weighted by atomic mass is 9.82. The molecule has 0 spiro atoms. The highest BCUT2D eigenvalue weighted by Crippen LogP contribution is 2.44. The van der Waals surface area contributed by atoms with E-state index in [1.807, 2.05) is 0 Å². The molecule has 2 aliphatic rings. The highest BCUT2D eigenvalue weighted by molar-refractivity contribution is 9.10. The summed E-state index contributed by atoms with van der Waals surface area (Å²) in [5.74, 6) is 2.08. The summed E-state index contributed by atoms with van der Waals surface area (Å²) in [4.78, 5) is 0. The Morgan fingerprint density at radius 1 is 1.06 bits per heavy atom. The fourth-order valence-corrected chi connectivity index (χ4v) is 3.57. The molecule has 1 nitrogen and oxygen atoms in total. The van der Waals surface area contributed by atoms with Crippen LogP contribution in [0, 0.1) is 11.8 Å². The van der Waals surface area contributed by atoms with E-state index in [-0.39, 0.29) is 0 Å². The summed E-state index contributed by atoms with van der Waals surface area (Å²) >= 11 is 3.53. The van der Waals surface area contributed by atoms with Crippen molar-refractivity contribution in [3.8, 4) is 0 Å². The Morgan fingerprint density at radius 3 is 2.71 bits per heavy atom. The molecule has 0 amide bonds. The number of hydrogen-bond acceptors (Lipinski definition) is 1. The predicted molar refractivity (Wildman–Crippen MR) is 76.2 cm³/mol.